The lowest BCUT2D eigenvalue weighted by molar-refractivity contribution is -0.345. The quantitative estimate of drug-likeness (QED) is 0.688. The molecule has 142 valence electrons. The molecule has 27 heavy (non-hydrogen) atoms. The molecule has 6 nitrogen and oxygen atoms in total. The summed E-state index contributed by atoms with van der Waals surface area (Å²) in [4.78, 5) is 24.8. The number of halogens is 1. The van der Waals surface area contributed by atoms with Crippen LogP contribution in [-0.2, 0) is 16.0 Å². The van der Waals surface area contributed by atoms with Crippen molar-refractivity contribution in [1.29, 1.82) is 0 Å². The van der Waals surface area contributed by atoms with E-state index in [1.54, 1.807) is 6.07 Å². The summed E-state index contributed by atoms with van der Waals surface area (Å²) in [5, 5.41) is 17.9. The summed E-state index contributed by atoms with van der Waals surface area (Å²) < 4.78 is 14.2. The molecule has 1 heterocycles. The Morgan fingerprint density at radius 3 is 2.15 bits per heavy atom. The highest BCUT2D eigenvalue weighted by atomic mass is 19.1. The number of benzene rings is 2. The van der Waals surface area contributed by atoms with Crippen molar-refractivity contribution in [1.82, 2.24) is 4.90 Å². The Hall–Kier alpha value is -3.06. The molecule has 1 aliphatic rings. The highest BCUT2D eigenvalue weighted by Gasteiger charge is 2.23. The first kappa shape index (κ1) is 20.3. The summed E-state index contributed by atoms with van der Waals surface area (Å²) >= 11 is 0. The molecule has 0 spiro atoms. The van der Waals surface area contributed by atoms with Crippen molar-refractivity contribution < 1.29 is 24.2 Å². The van der Waals surface area contributed by atoms with Crippen LogP contribution in [0.25, 0.3) is 0 Å². The third-order valence-electron chi connectivity index (χ3n) is 3.91. The maximum atomic E-state index is 14.2. The summed E-state index contributed by atoms with van der Waals surface area (Å²) in [6.07, 6.45) is 0.909. The SMILES string of the molecule is CN(C)CC1Cc2ccccc2C(c2ccccc2F)=N1.O=C([O-])C(=O)[O-]. The molecule has 1 aliphatic heterocycles. The van der Waals surface area contributed by atoms with Gasteiger partial charge in [-0.2, -0.15) is 0 Å². The Bertz CT molecular complexity index is 853. The molecule has 3 rings (SSSR count). The number of hydrogen-bond acceptors (Lipinski definition) is 6. The molecular weight excluding hydrogens is 351 g/mol. The molecule has 1 unspecified atom stereocenters. The number of likely N-dealkylation sites (N-methyl/N-ethyl adjacent to an activating group) is 1. The van der Waals surface area contributed by atoms with Crippen LogP contribution in [0.4, 0.5) is 4.39 Å². The van der Waals surface area contributed by atoms with Gasteiger partial charge in [0.2, 0.25) is 0 Å². The largest absolute Gasteiger partial charge is 0.543 e. The normalized spacial score (nSPS) is 15.3. The first-order valence-corrected chi connectivity index (χ1v) is 8.27. The van der Waals surface area contributed by atoms with Crippen LogP contribution >= 0.6 is 0 Å². The summed E-state index contributed by atoms with van der Waals surface area (Å²) in [5.41, 5.74) is 3.67. The smallest absolute Gasteiger partial charge is 0.132 e. The van der Waals surface area contributed by atoms with Gasteiger partial charge in [0.05, 0.1) is 23.7 Å². The third kappa shape index (κ3) is 5.46. The Kier molecular flexibility index (Phi) is 6.79. The minimum Gasteiger partial charge on any atom is -0.543 e. The molecule has 0 radical (unpaired) electrons. The molecule has 0 N–H and O–H groups in total. The van der Waals surface area contributed by atoms with Gasteiger partial charge in [-0.05, 0) is 38.2 Å². The number of aliphatic carboxylic acids is 2. The second-order valence-electron chi connectivity index (χ2n) is 6.31. The minimum absolute atomic E-state index is 0.171. The van der Waals surface area contributed by atoms with E-state index in [-0.39, 0.29) is 11.9 Å². The van der Waals surface area contributed by atoms with Crippen molar-refractivity contribution in [3.63, 3.8) is 0 Å². The predicted octanol–water partition coefficient (Wildman–Crippen LogP) is -0.364. The second kappa shape index (κ2) is 9.05. The Labute approximate surface area is 156 Å². The van der Waals surface area contributed by atoms with Gasteiger partial charge in [-0.1, -0.05) is 36.4 Å². The summed E-state index contributed by atoms with van der Waals surface area (Å²) in [6, 6.07) is 15.2. The zero-order valence-corrected chi connectivity index (χ0v) is 15.0. The third-order valence-corrected chi connectivity index (χ3v) is 3.91. The van der Waals surface area contributed by atoms with Gasteiger partial charge in [-0.3, -0.25) is 4.99 Å². The average molecular weight is 370 g/mol. The van der Waals surface area contributed by atoms with Crippen LogP contribution in [0.5, 0.6) is 0 Å². The number of carboxylic acids is 2. The van der Waals surface area contributed by atoms with Gasteiger partial charge in [0.25, 0.3) is 0 Å². The lowest BCUT2D eigenvalue weighted by atomic mass is 9.90. The lowest BCUT2D eigenvalue weighted by Crippen LogP contribution is -2.42. The molecule has 0 bridgehead atoms. The number of carbonyl (C=O) groups is 2. The fourth-order valence-electron chi connectivity index (χ4n) is 2.88. The van der Waals surface area contributed by atoms with Crippen LogP contribution in [0.15, 0.2) is 53.5 Å². The van der Waals surface area contributed by atoms with Crippen molar-refractivity contribution in [3.05, 3.63) is 71.0 Å². The summed E-state index contributed by atoms with van der Waals surface area (Å²) in [7, 11) is 4.08. The molecule has 1 atom stereocenters. The van der Waals surface area contributed by atoms with Crippen LogP contribution < -0.4 is 10.2 Å². The van der Waals surface area contributed by atoms with Crippen molar-refractivity contribution in [3.8, 4) is 0 Å². The van der Waals surface area contributed by atoms with E-state index >= 15 is 0 Å². The number of carbonyl (C=O) groups excluding carboxylic acids is 2. The van der Waals surface area contributed by atoms with E-state index < -0.39 is 11.9 Å². The molecular formula is C20H19FN2O4-2. The Morgan fingerprint density at radius 2 is 1.59 bits per heavy atom. The fourth-order valence-corrected chi connectivity index (χ4v) is 2.88. The molecule has 0 aliphatic carbocycles. The summed E-state index contributed by atoms with van der Waals surface area (Å²) in [6.45, 7) is 0.867. The Balaban J connectivity index is 0.000000380. The second-order valence-corrected chi connectivity index (χ2v) is 6.31. The van der Waals surface area contributed by atoms with E-state index in [4.69, 9.17) is 24.8 Å². The molecule has 0 saturated carbocycles. The van der Waals surface area contributed by atoms with E-state index in [1.807, 2.05) is 44.4 Å². The predicted molar refractivity (Wildman–Crippen MR) is 94.5 cm³/mol. The van der Waals surface area contributed by atoms with Crippen LogP contribution in [0.3, 0.4) is 0 Å². The van der Waals surface area contributed by atoms with Gasteiger partial charge in [0.1, 0.15) is 5.82 Å². The topological polar surface area (TPSA) is 95.9 Å². The van der Waals surface area contributed by atoms with Crippen LogP contribution in [-0.4, -0.2) is 49.2 Å². The number of nitrogens with zero attached hydrogens (tertiary/aromatic N) is 2. The van der Waals surface area contributed by atoms with Crippen molar-refractivity contribution in [2.45, 2.75) is 12.5 Å². The lowest BCUT2D eigenvalue weighted by Gasteiger charge is -2.26. The van der Waals surface area contributed by atoms with E-state index in [9.17, 15) is 4.39 Å². The molecule has 0 amide bonds. The van der Waals surface area contributed by atoms with Gasteiger partial charge in [-0.15, -0.1) is 0 Å². The van der Waals surface area contributed by atoms with Gasteiger partial charge in [0, 0.05) is 17.7 Å². The first-order chi connectivity index (χ1) is 12.8. The van der Waals surface area contributed by atoms with Crippen LogP contribution in [0.1, 0.15) is 16.7 Å². The average Bonchev–Trinajstić information content (AvgIpc) is 2.61. The van der Waals surface area contributed by atoms with Gasteiger partial charge >= 0.3 is 0 Å². The zero-order chi connectivity index (χ0) is 20.0. The van der Waals surface area contributed by atoms with Crippen LogP contribution in [0.2, 0.25) is 0 Å². The highest BCUT2D eigenvalue weighted by Crippen LogP contribution is 2.25. The standard InChI is InChI=1S/C18H19FN2.C2H2O4/c1-21(2)12-14-11-13-7-3-4-8-15(13)18(20-14)16-9-5-6-10-17(16)19;3-1(4)2(5)6/h3-10,14H,11-12H2,1-2H3;(H,3,4)(H,5,6)/p-2. The first-order valence-electron chi connectivity index (χ1n) is 8.27. The molecule has 7 heteroatoms. The number of fused-ring (bicyclic) bond motifs is 1. The number of aliphatic imine (C=N–C) groups is 1. The number of rotatable bonds is 3. The fraction of sp³-hybridized carbons (Fsp3) is 0.250. The maximum absolute atomic E-state index is 14.2. The molecule has 0 aromatic heterocycles. The van der Waals surface area contributed by atoms with E-state index in [0.717, 1.165) is 24.2 Å². The minimum atomic E-state index is -2.19. The van der Waals surface area contributed by atoms with E-state index in [2.05, 4.69) is 11.0 Å². The molecule has 2 aromatic carbocycles. The van der Waals surface area contributed by atoms with E-state index in [0.29, 0.717) is 5.56 Å². The molecule has 0 fully saturated rings. The van der Waals surface area contributed by atoms with Gasteiger partial charge in [-0.25, -0.2) is 4.39 Å². The van der Waals surface area contributed by atoms with Crippen LogP contribution in [0, 0.1) is 5.82 Å². The molecule has 0 saturated heterocycles. The monoisotopic (exact) mass is 370 g/mol. The number of carboxylic acid groups (broad SMARTS) is 2. The van der Waals surface area contributed by atoms with Crippen molar-refractivity contribution in [2.24, 2.45) is 4.99 Å². The van der Waals surface area contributed by atoms with E-state index in [1.165, 1.54) is 11.6 Å². The Morgan fingerprint density at radius 1 is 1.04 bits per heavy atom. The van der Waals surface area contributed by atoms with Gasteiger partial charge < -0.3 is 24.7 Å². The maximum Gasteiger partial charge on any atom is 0.132 e. The van der Waals surface area contributed by atoms with Gasteiger partial charge in [0.15, 0.2) is 0 Å². The van der Waals surface area contributed by atoms with Crippen molar-refractivity contribution in [2.75, 3.05) is 20.6 Å². The number of hydrogen-bond donors (Lipinski definition) is 0. The zero-order valence-electron chi connectivity index (χ0n) is 15.0. The highest BCUT2D eigenvalue weighted by molar-refractivity contribution is 6.25. The summed E-state index contributed by atoms with van der Waals surface area (Å²) in [5.74, 6) is -4.58. The van der Waals surface area contributed by atoms with Crippen molar-refractivity contribution >= 4 is 17.7 Å². The molecule has 2 aromatic rings.